The molecule has 4 rings (SSSR count). The normalized spacial score (nSPS) is 22.6. The molecule has 138 valence electrons. The highest BCUT2D eigenvalue weighted by Gasteiger charge is 2.51. The maximum atomic E-state index is 11.3. The zero-order chi connectivity index (χ0) is 18.5. The SMILES string of the molecule is COc1cc2c(cc1OC)C1c3ccc(OC)c(OC)c3OCC1(O)C2. The minimum absolute atomic E-state index is 0.174. The number of ether oxygens (including phenoxy) is 5. The highest BCUT2D eigenvalue weighted by atomic mass is 16.5. The Balaban J connectivity index is 1.92. The topological polar surface area (TPSA) is 66.4 Å². The zero-order valence-electron chi connectivity index (χ0n) is 15.3. The second-order valence-corrected chi connectivity index (χ2v) is 6.63. The van der Waals surface area contributed by atoms with Gasteiger partial charge in [0.25, 0.3) is 0 Å². The summed E-state index contributed by atoms with van der Waals surface area (Å²) in [5.41, 5.74) is 1.90. The van der Waals surface area contributed by atoms with Crippen molar-refractivity contribution in [2.24, 2.45) is 0 Å². The number of hydrogen-bond donors (Lipinski definition) is 1. The van der Waals surface area contributed by atoms with E-state index in [1.807, 2.05) is 24.3 Å². The van der Waals surface area contributed by atoms with Crippen molar-refractivity contribution in [1.29, 1.82) is 0 Å². The van der Waals surface area contributed by atoms with Crippen molar-refractivity contribution in [3.8, 4) is 28.7 Å². The van der Waals surface area contributed by atoms with E-state index < -0.39 is 5.60 Å². The van der Waals surface area contributed by atoms with Gasteiger partial charge in [0.2, 0.25) is 5.75 Å². The van der Waals surface area contributed by atoms with E-state index in [1.54, 1.807) is 28.4 Å². The Morgan fingerprint density at radius 1 is 0.923 bits per heavy atom. The summed E-state index contributed by atoms with van der Waals surface area (Å²) < 4.78 is 27.7. The van der Waals surface area contributed by atoms with Crippen molar-refractivity contribution in [3.63, 3.8) is 0 Å². The largest absolute Gasteiger partial charge is 0.493 e. The van der Waals surface area contributed by atoms with Crippen molar-refractivity contribution in [2.45, 2.75) is 17.9 Å². The van der Waals surface area contributed by atoms with Crippen LogP contribution < -0.4 is 23.7 Å². The number of rotatable bonds is 4. The number of methoxy groups -OCH3 is 4. The number of aliphatic hydroxyl groups is 1. The first kappa shape index (κ1) is 16.8. The Bertz CT molecular complexity index is 862. The number of fused-ring (bicyclic) bond motifs is 5. The van der Waals surface area contributed by atoms with Crippen LogP contribution in [0.3, 0.4) is 0 Å². The minimum atomic E-state index is -1.02. The van der Waals surface area contributed by atoms with Crippen molar-refractivity contribution in [2.75, 3.05) is 35.0 Å². The van der Waals surface area contributed by atoms with Gasteiger partial charge in [-0.25, -0.2) is 0 Å². The summed E-state index contributed by atoms with van der Waals surface area (Å²) >= 11 is 0. The molecule has 26 heavy (non-hydrogen) atoms. The van der Waals surface area contributed by atoms with Gasteiger partial charge in [-0.15, -0.1) is 0 Å². The molecule has 6 nitrogen and oxygen atoms in total. The van der Waals surface area contributed by atoms with E-state index in [0.29, 0.717) is 35.2 Å². The molecule has 0 spiro atoms. The van der Waals surface area contributed by atoms with E-state index in [0.717, 1.165) is 16.7 Å². The number of hydrogen-bond acceptors (Lipinski definition) is 6. The van der Waals surface area contributed by atoms with Gasteiger partial charge in [0.05, 0.1) is 28.4 Å². The molecule has 0 radical (unpaired) electrons. The van der Waals surface area contributed by atoms with Crippen LogP contribution in [0.1, 0.15) is 22.6 Å². The summed E-state index contributed by atoms with van der Waals surface area (Å²) in [4.78, 5) is 0. The van der Waals surface area contributed by atoms with E-state index >= 15 is 0 Å². The second kappa shape index (κ2) is 5.99. The lowest BCUT2D eigenvalue weighted by Gasteiger charge is -2.37. The molecule has 2 aliphatic rings. The fourth-order valence-electron chi connectivity index (χ4n) is 4.16. The predicted molar refractivity (Wildman–Crippen MR) is 95.1 cm³/mol. The van der Waals surface area contributed by atoms with Gasteiger partial charge in [-0.2, -0.15) is 0 Å². The smallest absolute Gasteiger partial charge is 0.203 e. The molecule has 1 aliphatic carbocycles. The molecule has 0 saturated heterocycles. The Morgan fingerprint density at radius 2 is 1.62 bits per heavy atom. The first-order valence-corrected chi connectivity index (χ1v) is 8.41. The number of benzene rings is 2. The molecule has 0 saturated carbocycles. The standard InChI is InChI=1S/C20H22O6/c1-22-14-6-5-12-17-13-8-16(24-3)15(23-2)7-11(13)9-20(17,21)10-26-18(12)19(14)25-4/h5-8,17,21H,9-10H2,1-4H3. The molecular formula is C20H22O6. The van der Waals surface area contributed by atoms with Gasteiger partial charge >= 0.3 is 0 Å². The van der Waals surface area contributed by atoms with E-state index in [-0.39, 0.29) is 12.5 Å². The van der Waals surface area contributed by atoms with Crippen molar-refractivity contribution in [1.82, 2.24) is 0 Å². The molecule has 2 atom stereocenters. The molecule has 2 aromatic carbocycles. The molecule has 6 heteroatoms. The van der Waals surface area contributed by atoms with Crippen LogP contribution in [-0.2, 0) is 6.42 Å². The maximum Gasteiger partial charge on any atom is 0.203 e. The maximum absolute atomic E-state index is 11.3. The summed E-state index contributed by atoms with van der Waals surface area (Å²) in [6.07, 6.45) is 0.487. The Kier molecular flexibility index (Phi) is 3.88. The van der Waals surface area contributed by atoms with E-state index in [2.05, 4.69) is 0 Å². The van der Waals surface area contributed by atoms with Crippen LogP contribution in [0.2, 0.25) is 0 Å². The summed E-state index contributed by atoms with van der Waals surface area (Å²) in [6.45, 7) is 0.174. The quantitative estimate of drug-likeness (QED) is 0.906. The summed E-state index contributed by atoms with van der Waals surface area (Å²) in [5, 5.41) is 11.3. The molecule has 2 aromatic rings. The third-order valence-corrected chi connectivity index (χ3v) is 5.30. The fourth-order valence-corrected chi connectivity index (χ4v) is 4.16. The lowest BCUT2D eigenvalue weighted by molar-refractivity contribution is -0.0228. The molecule has 1 aliphatic heterocycles. The molecule has 0 aromatic heterocycles. The van der Waals surface area contributed by atoms with Crippen LogP contribution in [0.4, 0.5) is 0 Å². The molecule has 0 fully saturated rings. The van der Waals surface area contributed by atoms with Crippen molar-refractivity contribution in [3.05, 3.63) is 41.0 Å². The highest BCUT2D eigenvalue weighted by molar-refractivity contribution is 5.64. The van der Waals surface area contributed by atoms with Crippen LogP contribution >= 0.6 is 0 Å². The van der Waals surface area contributed by atoms with E-state index in [1.165, 1.54) is 0 Å². The van der Waals surface area contributed by atoms with Crippen LogP contribution in [0.5, 0.6) is 28.7 Å². The molecule has 1 heterocycles. The average Bonchev–Trinajstić information content (AvgIpc) is 2.96. The molecular weight excluding hydrogens is 336 g/mol. The molecule has 0 amide bonds. The average molecular weight is 358 g/mol. The lowest BCUT2D eigenvalue weighted by Crippen LogP contribution is -2.44. The van der Waals surface area contributed by atoms with Gasteiger partial charge in [0, 0.05) is 17.9 Å². The van der Waals surface area contributed by atoms with E-state index in [4.69, 9.17) is 23.7 Å². The Labute approximate surface area is 152 Å². The van der Waals surface area contributed by atoms with Crippen molar-refractivity contribution < 1.29 is 28.8 Å². The predicted octanol–water partition coefficient (Wildman–Crippen LogP) is 2.53. The first-order valence-electron chi connectivity index (χ1n) is 8.41. The Morgan fingerprint density at radius 3 is 2.27 bits per heavy atom. The summed E-state index contributed by atoms with van der Waals surface area (Å²) in [6, 6.07) is 7.65. The van der Waals surface area contributed by atoms with Gasteiger partial charge in [0.15, 0.2) is 23.0 Å². The van der Waals surface area contributed by atoms with Crippen LogP contribution in [0, 0.1) is 0 Å². The van der Waals surface area contributed by atoms with Crippen LogP contribution in [-0.4, -0.2) is 45.8 Å². The highest BCUT2D eigenvalue weighted by Crippen LogP contribution is 2.56. The minimum Gasteiger partial charge on any atom is -0.493 e. The molecule has 2 unspecified atom stereocenters. The van der Waals surface area contributed by atoms with Gasteiger partial charge in [0.1, 0.15) is 12.2 Å². The van der Waals surface area contributed by atoms with Gasteiger partial charge in [-0.1, -0.05) is 6.07 Å². The molecule has 0 bridgehead atoms. The van der Waals surface area contributed by atoms with E-state index in [9.17, 15) is 5.11 Å². The van der Waals surface area contributed by atoms with Crippen LogP contribution in [0.25, 0.3) is 0 Å². The first-order chi connectivity index (χ1) is 12.6. The summed E-state index contributed by atoms with van der Waals surface area (Å²) in [5.74, 6) is 2.82. The van der Waals surface area contributed by atoms with Gasteiger partial charge in [-0.3, -0.25) is 0 Å². The Hall–Kier alpha value is -2.60. The van der Waals surface area contributed by atoms with Crippen molar-refractivity contribution >= 4 is 0 Å². The lowest BCUT2D eigenvalue weighted by atomic mass is 9.80. The third kappa shape index (κ3) is 2.22. The second-order valence-electron chi connectivity index (χ2n) is 6.63. The molecule has 1 N–H and O–H groups in total. The van der Waals surface area contributed by atoms with Gasteiger partial charge < -0.3 is 28.8 Å². The van der Waals surface area contributed by atoms with Crippen LogP contribution in [0.15, 0.2) is 24.3 Å². The van der Waals surface area contributed by atoms with Gasteiger partial charge in [-0.05, 0) is 29.3 Å². The zero-order valence-corrected chi connectivity index (χ0v) is 15.3. The fraction of sp³-hybridized carbons (Fsp3) is 0.400. The summed E-state index contributed by atoms with van der Waals surface area (Å²) in [7, 11) is 6.39. The monoisotopic (exact) mass is 358 g/mol. The third-order valence-electron chi connectivity index (χ3n) is 5.30.